The molecule has 0 aliphatic heterocycles. The van der Waals surface area contributed by atoms with Gasteiger partial charge in [-0.1, -0.05) is 0 Å². The van der Waals surface area contributed by atoms with Crippen molar-refractivity contribution in [2.75, 3.05) is 0 Å². The molecule has 148 valence electrons. The predicted octanol–water partition coefficient (Wildman–Crippen LogP) is -2.23. The van der Waals surface area contributed by atoms with Crippen LogP contribution in [0.3, 0.4) is 0 Å². The number of hydrogen-bond acceptors (Lipinski definition) is 0. The zero-order valence-corrected chi connectivity index (χ0v) is 20.6. The summed E-state index contributed by atoms with van der Waals surface area (Å²) in [7, 11) is 0. The first kappa shape index (κ1) is 27.5. The monoisotopic (exact) mass is 468 g/mol. The molecule has 0 unspecified atom stereocenters. The molecule has 0 saturated heterocycles. The Labute approximate surface area is 200 Å². The predicted molar refractivity (Wildman–Crippen MR) is 103 cm³/mol. The van der Waals surface area contributed by atoms with E-state index in [1.165, 1.54) is 45.4 Å². The normalized spacial score (nSPS) is 12.9. The van der Waals surface area contributed by atoms with Crippen LogP contribution in [0.1, 0.15) is 60.8 Å². The zero-order chi connectivity index (χ0) is 17.8. The summed E-state index contributed by atoms with van der Waals surface area (Å²) in [5.41, 5.74) is 8.68. The number of halogens is 3. The minimum Gasteiger partial charge on any atom is -1.00 e. The smallest absolute Gasteiger partial charge is 1.00 e. The maximum absolute atomic E-state index is 2.47. The third kappa shape index (κ3) is 6.51. The maximum Gasteiger partial charge on any atom is -1.00 e. The van der Waals surface area contributed by atoms with E-state index in [1.54, 1.807) is 11.1 Å². The van der Waals surface area contributed by atoms with Gasteiger partial charge < -0.3 is 37.2 Å². The van der Waals surface area contributed by atoms with Gasteiger partial charge in [0.1, 0.15) is 0 Å². The van der Waals surface area contributed by atoms with E-state index < -0.39 is 0 Å². The fourth-order valence-corrected chi connectivity index (χ4v) is 4.53. The molecule has 0 radical (unpaired) electrons. The summed E-state index contributed by atoms with van der Waals surface area (Å²) in [5.74, 6) is 0.371. The molecule has 0 nitrogen and oxygen atoms in total. The van der Waals surface area contributed by atoms with Gasteiger partial charge in [-0.2, -0.15) is 0 Å². The molecule has 1 aliphatic rings. The Morgan fingerprint density at radius 3 is 1.89 bits per heavy atom. The van der Waals surface area contributed by atoms with Crippen LogP contribution in [0.25, 0.3) is 0 Å². The van der Waals surface area contributed by atoms with E-state index in [-0.39, 0.29) is 37.2 Å². The van der Waals surface area contributed by atoms with Gasteiger partial charge in [-0.25, -0.2) is 0 Å². The number of rotatable bonds is 6. The summed E-state index contributed by atoms with van der Waals surface area (Å²) in [6.45, 7) is 6.66. The molecule has 0 aromatic heterocycles. The van der Waals surface area contributed by atoms with Crippen LogP contribution in [0.5, 0.6) is 0 Å². The van der Waals surface area contributed by atoms with Crippen molar-refractivity contribution in [1.29, 1.82) is 0 Å². The summed E-state index contributed by atoms with van der Waals surface area (Å²) >= 11 is 2.34. The van der Waals surface area contributed by atoms with Crippen LogP contribution in [0.4, 0.5) is 0 Å². The van der Waals surface area contributed by atoms with Crippen molar-refractivity contribution in [1.82, 2.24) is 0 Å². The van der Waals surface area contributed by atoms with E-state index in [4.69, 9.17) is 0 Å². The largest absolute Gasteiger partial charge is 1.00 e. The van der Waals surface area contributed by atoms with Crippen LogP contribution in [0, 0.1) is 13.8 Å². The number of aryl methyl sites for hydroxylation is 2. The molecule has 3 rings (SSSR count). The topological polar surface area (TPSA) is 0 Å². The Kier molecular flexibility index (Phi) is 12.7. The number of benzene rings is 2. The molecule has 1 aliphatic carbocycles. The van der Waals surface area contributed by atoms with Crippen molar-refractivity contribution >= 4 is 0 Å². The Morgan fingerprint density at radius 2 is 1.43 bits per heavy atom. The SMILES string of the molecule is CCCCC1=CCC(C(c2cccc(C)c2)c2cccc(C)c2)=[C]1[Ti+3].[Cl-].[Cl-].[Cl-]. The van der Waals surface area contributed by atoms with Crippen LogP contribution in [-0.2, 0) is 20.4 Å². The van der Waals surface area contributed by atoms with Gasteiger partial charge in [0, 0.05) is 0 Å². The molecule has 2 aromatic carbocycles. The molecule has 0 heterocycles. The van der Waals surface area contributed by atoms with E-state index in [9.17, 15) is 0 Å². The zero-order valence-electron chi connectivity index (χ0n) is 16.7. The molecule has 0 fully saturated rings. The second kappa shape index (κ2) is 12.9. The summed E-state index contributed by atoms with van der Waals surface area (Å²) in [6, 6.07) is 18.1. The Balaban J connectivity index is 0.00000243. The van der Waals surface area contributed by atoms with Gasteiger partial charge in [0.05, 0.1) is 0 Å². The van der Waals surface area contributed by atoms with E-state index in [1.807, 2.05) is 0 Å². The van der Waals surface area contributed by atoms with E-state index in [2.05, 4.69) is 95.8 Å². The van der Waals surface area contributed by atoms with Crippen molar-refractivity contribution in [2.24, 2.45) is 0 Å². The molecular weight excluding hydrogens is 442 g/mol. The van der Waals surface area contributed by atoms with Gasteiger partial charge in [-0.15, -0.1) is 0 Å². The quantitative estimate of drug-likeness (QED) is 0.420. The van der Waals surface area contributed by atoms with Crippen LogP contribution in [0.2, 0.25) is 0 Å². The molecule has 0 saturated carbocycles. The Bertz CT molecular complexity index is 779. The third-order valence-electron chi connectivity index (χ3n) is 5.11. The summed E-state index contributed by atoms with van der Waals surface area (Å²) < 4.78 is 1.53. The van der Waals surface area contributed by atoms with E-state index in [0.29, 0.717) is 5.92 Å². The molecule has 0 N–H and O–H groups in total. The maximum atomic E-state index is 2.47. The molecule has 0 amide bonds. The standard InChI is InChI=1S/C24H27.3ClH.Ti/c1-4-5-10-20-13-14-23(17-20)24(21-11-6-8-18(2)15-21)22-12-7-9-19(3)16-22;;;;/h6-9,11-13,15-16,24H,4-5,10,14H2,1-3H3;3*1H;/q;;;;+3/p-3. The molecule has 28 heavy (non-hydrogen) atoms. The summed E-state index contributed by atoms with van der Waals surface area (Å²) in [4.78, 5) is 0. The first-order valence-electron chi connectivity index (χ1n) is 9.37. The average molecular weight is 470 g/mol. The van der Waals surface area contributed by atoms with Gasteiger partial charge in [-0.3, -0.25) is 0 Å². The van der Waals surface area contributed by atoms with Crippen molar-refractivity contribution in [2.45, 2.75) is 52.4 Å². The molecule has 0 atom stereocenters. The third-order valence-corrected chi connectivity index (χ3v) is 6.11. The van der Waals surface area contributed by atoms with Crippen molar-refractivity contribution in [3.05, 3.63) is 91.9 Å². The van der Waals surface area contributed by atoms with E-state index in [0.717, 1.165) is 6.42 Å². The minimum atomic E-state index is 0. The van der Waals surface area contributed by atoms with Crippen LogP contribution in [-0.4, -0.2) is 0 Å². The first-order valence-corrected chi connectivity index (χ1v) is 10.2. The molecule has 0 spiro atoms. The second-order valence-corrected chi connectivity index (χ2v) is 7.98. The molecular formula is C24H27Cl3Ti. The van der Waals surface area contributed by atoms with Gasteiger partial charge in [0.25, 0.3) is 0 Å². The summed E-state index contributed by atoms with van der Waals surface area (Å²) in [6.07, 6.45) is 7.34. The minimum absolute atomic E-state index is 0. The Hall–Kier alpha value is -0.496. The van der Waals surface area contributed by atoms with Crippen molar-refractivity contribution in [3.63, 3.8) is 0 Å². The molecule has 2 aromatic rings. The van der Waals surface area contributed by atoms with Gasteiger partial charge in [-0.05, 0) is 0 Å². The average Bonchev–Trinajstić information content (AvgIpc) is 2.94. The number of unbranched alkanes of at least 4 members (excludes halogenated alkanes) is 1. The van der Waals surface area contributed by atoms with Crippen LogP contribution < -0.4 is 37.2 Å². The fraction of sp³-hybridized carbons (Fsp3) is 0.333. The number of hydrogen-bond donors (Lipinski definition) is 0. The first-order chi connectivity index (χ1) is 12.1. The molecule has 0 bridgehead atoms. The van der Waals surface area contributed by atoms with Gasteiger partial charge >= 0.3 is 165 Å². The van der Waals surface area contributed by atoms with Crippen molar-refractivity contribution in [3.8, 4) is 0 Å². The fourth-order valence-electron chi connectivity index (χ4n) is 3.79. The van der Waals surface area contributed by atoms with Gasteiger partial charge in [0.2, 0.25) is 0 Å². The van der Waals surface area contributed by atoms with Crippen LogP contribution >= 0.6 is 0 Å². The van der Waals surface area contributed by atoms with E-state index >= 15 is 0 Å². The Morgan fingerprint density at radius 1 is 0.893 bits per heavy atom. The van der Waals surface area contributed by atoms with Crippen LogP contribution in [0.15, 0.2) is 69.6 Å². The van der Waals surface area contributed by atoms with Crippen molar-refractivity contribution < 1.29 is 57.7 Å². The molecule has 4 heteroatoms. The number of allylic oxidation sites excluding steroid dienone is 4. The van der Waals surface area contributed by atoms with Gasteiger partial charge in [0.15, 0.2) is 0 Å². The summed E-state index contributed by atoms with van der Waals surface area (Å²) in [5, 5.41) is 0. The second-order valence-electron chi connectivity index (χ2n) is 7.20.